The van der Waals surface area contributed by atoms with Crippen molar-refractivity contribution in [3.63, 3.8) is 0 Å². The van der Waals surface area contributed by atoms with E-state index in [-0.39, 0.29) is 12.5 Å². The lowest BCUT2D eigenvalue weighted by Crippen LogP contribution is -2.45. The number of carbonyl (C=O) groups is 1. The van der Waals surface area contributed by atoms with Gasteiger partial charge in [-0.2, -0.15) is 0 Å². The van der Waals surface area contributed by atoms with Crippen LogP contribution in [-0.2, 0) is 4.79 Å². The molecule has 0 aromatic heterocycles. The molecule has 0 spiro atoms. The lowest BCUT2D eigenvalue weighted by Gasteiger charge is -2.22. The van der Waals surface area contributed by atoms with E-state index in [9.17, 15) is 15.0 Å². The summed E-state index contributed by atoms with van der Waals surface area (Å²) in [6, 6.07) is -0.560. The monoisotopic (exact) mass is 798 g/mol. The minimum absolute atomic E-state index is 0.0704. The minimum Gasteiger partial charge on any atom is -0.394 e. The van der Waals surface area contributed by atoms with Crippen LogP contribution in [0.15, 0.2) is 48.6 Å². The number of hydrogen-bond acceptors (Lipinski definition) is 3. The largest absolute Gasteiger partial charge is 0.394 e. The Kier molecular flexibility index (Phi) is 47.3. The van der Waals surface area contributed by atoms with Crippen molar-refractivity contribution >= 4 is 5.91 Å². The van der Waals surface area contributed by atoms with Crippen LogP contribution in [0.4, 0.5) is 0 Å². The fraction of sp³-hybridized carbons (Fsp3) is 0.830. The van der Waals surface area contributed by atoms with Gasteiger partial charge in [0.15, 0.2) is 0 Å². The van der Waals surface area contributed by atoms with Gasteiger partial charge >= 0.3 is 0 Å². The quantitative estimate of drug-likeness (QED) is 0.0424. The van der Waals surface area contributed by atoms with Crippen molar-refractivity contribution in [2.45, 2.75) is 276 Å². The van der Waals surface area contributed by atoms with E-state index in [1.807, 2.05) is 0 Å². The first-order chi connectivity index (χ1) is 28.2. The average molecular weight is 798 g/mol. The highest BCUT2D eigenvalue weighted by Gasteiger charge is 2.20. The zero-order valence-electron chi connectivity index (χ0n) is 38.4. The number of amides is 1. The van der Waals surface area contributed by atoms with Gasteiger partial charge in [-0.25, -0.2) is 0 Å². The first kappa shape index (κ1) is 55.4. The van der Waals surface area contributed by atoms with Gasteiger partial charge in [-0.3, -0.25) is 4.79 Å². The molecular weight excluding hydrogens is 699 g/mol. The number of carbonyl (C=O) groups excluding carboxylic acids is 1. The second-order valence-electron chi connectivity index (χ2n) is 17.2. The summed E-state index contributed by atoms with van der Waals surface area (Å²) in [5, 5.41) is 23.2. The van der Waals surface area contributed by atoms with Crippen LogP contribution in [0.1, 0.15) is 264 Å². The van der Waals surface area contributed by atoms with Gasteiger partial charge in [0.1, 0.15) is 0 Å². The molecule has 0 rings (SSSR count). The SMILES string of the molecule is CC/C=C\C/C=C\C/C=C\C/C=C\CCCCC(=O)NC(CO)C(O)CCCCCCCCCCCCCCCCCCCCCCCCCCCCCCCC. The molecule has 0 aromatic rings. The Balaban J connectivity index is 3.46. The first-order valence-corrected chi connectivity index (χ1v) is 25.3. The third kappa shape index (κ3) is 45.3. The van der Waals surface area contributed by atoms with Crippen molar-refractivity contribution in [1.82, 2.24) is 5.32 Å². The van der Waals surface area contributed by atoms with Crippen molar-refractivity contribution in [3.8, 4) is 0 Å². The van der Waals surface area contributed by atoms with E-state index >= 15 is 0 Å². The first-order valence-electron chi connectivity index (χ1n) is 25.3. The van der Waals surface area contributed by atoms with E-state index in [4.69, 9.17) is 0 Å². The van der Waals surface area contributed by atoms with Crippen molar-refractivity contribution in [3.05, 3.63) is 48.6 Å². The summed E-state index contributed by atoms with van der Waals surface area (Å²) in [6.45, 7) is 4.24. The lowest BCUT2D eigenvalue weighted by atomic mass is 10.0. The van der Waals surface area contributed by atoms with Crippen LogP contribution in [-0.4, -0.2) is 34.9 Å². The highest BCUT2D eigenvalue weighted by atomic mass is 16.3. The topological polar surface area (TPSA) is 69.6 Å². The molecule has 1 amide bonds. The molecule has 0 radical (unpaired) electrons. The van der Waals surface area contributed by atoms with Crippen LogP contribution in [0, 0.1) is 0 Å². The summed E-state index contributed by atoms with van der Waals surface area (Å²) in [5.41, 5.74) is 0. The van der Waals surface area contributed by atoms with Gasteiger partial charge in [0, 0.05) is 6.42 Å². The van der Waals surface area contributed by atoms with Gasteiger partial charge < -0.3 is 15.5 Å². The normalized spacial score (nSPS) is 13.3. The molecule has 57 heavy (non-hydrogen) atoms. The van der Waals surface area contributed by atoms with Crippen LogP contribution in [0.2, 0.25) is 0 Å². The van der Waals surface area contributed by atoms with Crippen molar-refractivity contribution < 1.29 is 15.0 Å². The summed E-state index contributed by atoms with van der Waals surface area (Å²) < 4.78 is 0. The number of nitrogens with one attached hydrogen (secondary N) is 1. The zero-order chi connectivity index (χ0) is 41.4. The molecule has 4 heteroatoms. The summed E-state index contributed by atoms with van der Waals surface area (Å²) in [7, 11) is 0. The van der Waals surface area contributed by atoms with E-state index in [1.54, 1.807) is 0 Å². The van der Waals surface area contributed by atoms with Crippen LogP contribution >= 0.6 is 0 Å². The maximum absolute atomic E-state index is 12.4. The van der Waals surface area contributed by atoms with Crippen LogP contribution in [0.5, 0.6) is 0 Å². The molecule has 0 saturated heterocycles. The van der Waals surface area contributed by atoms with Crippen LogP contribution in [0.25, 0.3) is 0 Å². The number of allylic oxidation sites excluding steroid dienone is 8. The maximum Gasteiger partial charge on any atom is 0.220 e. The number of hydrogen-bond donors (Lipinski definition) is 3. The zero-order valence-corrected chi connectivity index (χ0v) is 38.4. The number of rotatable bonds is 46. The third-order valence-electron chi connectivity index (χ3n) is 11.6. The molecule has 0 aliphatic heterocycles. The van der Waals surface area contributed by atoms with Crippen molar-refractivity contribution in [2.75, 3.05) is 6.61 Å². The van der Waals surface area contributed by atoms with Crippen molar-refractivity contribution in [1.29, 1.82) is 0 Å². The van der Waals surface area contributed by atoms with Gasteiger partial charge in [0.25, 0.3) is 0 Å². The average Bonchev–Trinajstić information content (AvgIpc) is 3.22. The number of aliphatic hydroxyl groups is 2. The summed E-state index contributed by atoms with van der Waals surface area (Å²) in [5.74, 6) is -0.0704. The Labute approximate surface area is 356 Å². The van der Waals surface area contributed by atoms with E-state index in [2.05, 4.69) is 67.8 Å². The predicted molar refractivity (Wildman–Crippen MR) is 253 cm³/mol. The third-order valence-corrected chi connectivity index (χ3v) is 11.6. The molecule has 2 atom stereocenters. The van der Waals surface area contributed by atoms with Gasteiger partial charge in [0.2, 0.25) is 5.91 Å². The molecule has 0 saturated carbocycles. The fourth-order valence-electron chi connectivity index (χ4n) is 7.77. The molecule has 0 aliphatic carbocycles. The molecule has 0 heterocycles. The highest BCUT2D eigenvalue weighted by molar-refractivity contribution is 5.76. The number of aliphatic hydroxyl groups excluding tert-OH is 2. The predicted octanol–water partition coefficient (Wildman–Crippen LogP) is 16.3. The second kappa shape index (κ2) is 48.7. The molecule has 3 N–H and O–H groups in total. The summed E-state index contributed by atoms with van der Waals surface area (Å²) in [6.07, 6.45) is 66.6. The molecular formula is C53H99NO3. The molecule has 0 bridgehead atoms. The fourth-order valence-corrected chi connectivity index (χ4v) is 7.77. The van der Waals surface area contributed by atoms with Crippen molar-refractivity contribution in [2.24, 2.45) is 0 Å². The molecule has 0 fully saturated rings. The molecule has 0 aromatic carbocycles. The van der Waals surface area contributed by atoms with E-state index in [0.29, 0.717) is 12.8 Å². The van der Waals surface area contributed by atoms with Gasteiger partial charge in [-0.05, 0) is 51.4 Å². The van der Waals surface area contributed by atoms with E-state index in [0.717, 1.165) is 57.8 Å². The summed E-state index contributed by atoms with van der Waals surface area (Å²) >= 11 is 0. The lowest BCUT2D eigenvalue weighted by molar-refractivity contribution is -0.123. The second-order valence-corrected chi connectivity index (χ2v) is 17.2. The van der Waals surface area contributed by atoms with Gasteiger partial charge in [-0.15, -0.1) is 0 Å². The molecule has 334 valence electrons. The highest BCUT2D eigenvalue weighted by Crippen LogP contribution is 2.17. The molecule has 0 aliphatic rings. The smallest absolute Gasteiger partial charge is 0.220 e. The summed E-state index contributed by atoms with van der Waals surface area (Å²) in [4.78, 5) is 12.4. The Bertz CT molecular complexity index is 908. The number of unbranched alkanes of at least 4 members (excludes halogenated alkanes) is 31. The Hall–Kier alpha value is -1.65. The standard InChI is InChI=1S/C53H99NO3/c1-3-5-7-9-11-13-15-17-19-20-21-22-23-24-25-26-27-28-29-30-31-32-33-35-36-38-40-42-44-46-48-52(56)51(50-55)54-53(57)49-47-45-43-41-39-37-34-18-16-14-12-10-8-6-4-2/h6,8,12,14,18,34,39,41,51-52,55-56H,3-5,7,9-11,13,15-17,19-33,35-38,40,42-50H2,1-2H3,(H,54,57)/b8-6-,14-12-,34-18-,41-39-. The maximum atomic E-state index is 12.4. The van der Waals surface area contributed by atoms with E-state index < -0.39 is 12.1 Å². The molecule has 2 unspecified atom stereocenters. The van der Waals surface area contributed by atoms with Crippen LogP contribution in [0.3, 0.4) is 0 Å². The molecule has 4 nitrogen and oxygen atoms in total. The minimum atomic E-state index is -0.679. The Morgan fingerprint density at radius 1 is 0.439 bits per heavy atom. The van der Waals surface area contributed by atoms with Gasteiger partial charge in [-0.1, -0.05) is 255 Å². The Morgan fingerprint density at radius 3 is 1.12 bits per heavy atom. The van der Waals surface area contributed by atoms with Gasteiger partial charge in [0.05, 0.1) is 18.8 Å². The van der Waals surface area contributed by atoms with Crippen LogP contribution < -0.4 is 5.32 Å². The Morgan fingerprint density at radius 2 is 0.772 bits per heavy atom. The van der Waals surface area contributed by atoms with E-state index in [1.165, 1.54) is 180 Å².